The van der Waals surface area contributed by atoms with Gasteiger partial charge in [-0.2, -0.15) is 0 Å². The van der Waals surface area contributed by atoms with Gasteiger partial charge in [-0.15, -0.1) is 12.6 Å². The lowest BCUT2D eigenvalue weighted by Gasteiger charge is -2.07. The maximum absolute atomic E-state index is 5.80. The first-order chi connectivity index (χ1) is 5.57. The summed E-state index contributed by atoms with van der Waals surface area (Å²) in [5, 5.41) is 0.912. The summed E-state index contributed by atoms with van der Waals surface area (Å²) < 4.78 is 4.94. The van der Waals surface area contributed by atoms with E-state index >= 15 is 0 Å². The number of hydrogen-bond acceptors (Lipinski definition) is 2. The summed E-state index contributed by atoms with van der Waals surface area (Å²) >= 11 is 21.4. The van der Waals surface area contributed by atoms with Crippen molar-refractivity contribution < 1.29 is 4.74 Å². The second kappa shape index (κ2) is 3.97. The van der Waals surface area contributed by atoms with Crippen LogP contribution in [0.15, 0.2) is 11.0 Å². The van der Waals surface area contributed by atoms with Crippen LogP contribution in [-0.2, 0) is 0 Å². The highest BCUT2D eigenvalue weighted by Crippen LogP contribution is 2.40. The fourth-order valence-electron chi connectivity index (χ4n) is 0.716. The SMILES string of the molecule is COc1cc(S)c(Cl)c(Cl)c1Cl. The molecule has 12 heavy (non-hydrogen) atoms. The van der Waals surface area contributed by atoms with E-state index in [0.717, 1.165) is 0 Å². The van der Waals surface area contributed by atoms with Crippen LogP contribution in [0.3, 0.4) is 0 Å². The molecule has 1 aromatic carbocycles. The molecule has 0 bridgehead atoms. The molecule has 0 aliphatic rings. The number of halogens is 3. The Morgan fingerprint density at radius 3 is 2.25 bits per heavy atom. The highest BCUT2D eigenvalue weighted by atomic mass is 35.5. The summed E-state index contributed by atoms with van der Waals surface area (Å²) in [5.74, 6) is 0.469. The van der Waals surface area contributed by atoms with Crippen LogP contribution in [0.5, 0.6) is 5.75 Å². The van der Waals surface area contributed by atoms with Crippen molar-refractivity contribution in [2.24, 2.45) is 0 Å². The van der Waals surface area contributed by atoms with Crippen LogP contribution >= 0.6 is 47.4 Å². The molecule has 0 fully saturated rings. The van der Waals surface area contributed by atoms with Crippen molar-refractivity contribution in [3.05, 3.63) is 21.1 Å². The van der Waals surface area contributed by atoms with Crippen molar-refractivity contribution in [2.75, 3.05) is 7.11 Å². The third kappa shape index (κ3) is 1.77. The topological polar surface area (TPSA) is 9.23 Å². The molecule has 0 aliphatic carbocycles. The molecule has 0 amide bonds. The molecule has 0 heterocycles. The Bertz CT molecular complexity index is 314. The van der Waals surface area contributed by atoms with Crippen LogP contribution in [-0.4, -0.2) is 7.11 Å². The first-order valence-electron chi connectivity index (χ1n) is 2.98. The highest BCUT2D eigenvalue weighted by Gasteiger charge is 2.12. The van der Waals surface area contributed by atoms with Crippen molar-refractivity contribution in [3.8, 4) is 5.75 Å². The van der Waals surface area contributed by atoms with E-state index < -0.39 is 0 Å². The van der Waals surface area contributed by atoms with Gasteiger partial charge >= 0.3 is 0 Å². The average Bonchev–Trinajstić information content (AvgIpc) is 2.08. The van der Waals surface area contributed by atoms with Crippen molar-refractivity contribution in [2.45, 2.75) is 4.90 Å². The molecule has 1 rings (SSSR count). The fraction of sp³-hybridized carbons (Fsp3) is 0.143. The van der Waals surface area contributed by atoms with Crippen LogP contribution in [0, 0.1) is 0 Å². The van der Waals surface area contributed by atoms with Gasteiger partial charge in [-0.05, 0) is 6.07 Å². The second-order valence-electron chi connectivity index (χ2n) is 2.04. The molecular weight excluding hydrogens is 239 g/mol. The minimum Gasteiger partial charge on any atom is -0.495 e. The lowest BCUT2D eigenvalue weighted by atomic mass is 10.3. The Morgan fingerprint density at radius 2 is 1.75 bits per heavy atom. The molecule has 0 atom stereocenters. The fourth-order valence-corrected chi connectivity index (χ4v) is 1.63. The van der Waals surface area contributed by atoms with Crippen molar-refractivity contribution in [1.29, 1.82) is 0 Å². The quantitative estimate of drug-likeness (QED) is 0.580. The average molecular weight is 244 g/mol. The van der Waals surface area contributed by atoms with Gasteiger partial charge in [0.1, 0.15) is 10.8 Å². The number of methoxy groups -OCH3 is 1. The van der Waals surface area contributed by atoms with Crippen molar-refractivity contribution in [3.63, 3.8) is 0 Å². The molecule has 0 aromatic heterocycles. The molecule has 0 unspecified atom stereocenters. The van der Waals surface area contributed by atoms with Gasteiger partial charge in [-0.1, -0.05) is 34.8 Å². The van der Waals surface area contributed by atoms with Gasteiger partial charge < -0.3 is 4.74 Å². The zero-order chi connectivity index (χ0) is 9.30. The predicted octanol–water partition coefficient (Wildman–Crippen LogP) is 3.94. The highest BCUT2D eigenvalue weighted by molar-refractivity contribution is 7.80. The summed E-state index contributed by atoms with van der Waals surface area (Å²) in [6, 6.07) is 1.61. The maximum atomic E-state index is 5.80. The van der Waals surface area contributed by atoms with Crippen molar-refractivity contribution >= 4 is 47.4 Å². The molecule has 0 saturated carbocycles. The van der Waals surface area contributed by atoms with Gasteiger partial charge in [-0.3, -0.25) is 0 Å². The van der Waals surface area contributed by atoms with Crippen LogP contribution < -0.4 is 4.74 Å². The van der Waals surface area contributed by atoms with Gasteiger partial charge in [0.2, 0.25) is 0 Å². The Morgan fingerprint density at radius 1 is 1.17 bits per heavy atom. The van der Waals surface area contributed by atoms with Gasteiger partial charge in [0.05, 0.1) is 17.2 Å². The van der Waals surface area contributed by atoms with Gasteiger partial charge in [-0.25, -0.2) is 0 Å². The largest absolute Gasteiger partial charge is 0.495 e. The van der Waals surface area contributed by atoms with Gasteiger partial charge in [0.25, 0.3) is 0 Å². The van der Waals surface area contributed by atoms with Gasteiger partial charge in [0, 0.05) is 4.90 Å². The predicted molar refractivity (Wildman–Crippen MR) is 55.3 cm³/mol. The summed E-state index contributed by atoms with van der Waals surface area (Å²) in [6.07, 6.45) is 0. The number of ether oxygens (including phenoxy) is 1. The minimum absolute atomic E-state index is 0.266. The smallest absolute Gasteiger partial charge is 0.140 e. The Kier molecular flexibility index (Phi) is 3.41. The standard InChI is InChI=1S/C7H5Cl3OS/c1-11-3-2-4(12)6(9)7(10)5(3)8/h2,12H,1H3. The molecule has 0 N–H and O–H groups in total. The normalized spacial score (nSPS) is 10.1. The lowest BCUT2D eigenvalue weighted by molar-refractivity contribution is 0.414. The molecule has 1 nitrogen and oxygen atoms in total. The van der Waals surface area contributed by atoms with E-state index in [9.17, 15) is 0 Å². The second-order valence-corrected chi connectivity index (χ2v) is 3.66. The molecule has 66 valence electrons. The minimum atomic E-state index is 0.266. The van der Waals surface area contributed by atoms with Crippen LogP contribution in [0.25, 0.3) is 0 Å². The first-order valence-corrected chi connectivity index (χ1v) is 4.56. The van der Waals surface area contributed by atoms with E-state index in [1.54, 1.807) is 6.07 Å². The number of rotatable bonds is 1. The Labute approximate surface area is 91.0 Å². The number of hydrogen-bond donors (Lipinski definition) is 1. The van der Waals surface area contributed by atoms with E-state index in [2.05, 4.69) is 12.6 Å². The summed E-state index contributed by atoms with van der Waals surface area (Å²) in [4.78, 5) is 0.544. The van der Waals surface area contributed by atoms with Crippen LogP contribution in [0.1, 0.15) is 0 Å². The summed E-state index contributed by atoms with van der Waals surface area (Å²) in [7, 11) is 1.50. The van der Waals surface area contributed by atoms with Crippen LogP contribution in [0.4, 0.5) is 0 Å². The number of benzene rings is 1. The van der Waals surface area contributed by atoms with E-state index in [1.165, 1.54) is 7.11 Å². The zero-order valence-electron chi connectivity index (χ0n) is 6.07. The molecule has 5 heteroatoms. The Hall–Kier alpha value is 0.240. The van der Waals surface area contributed by atoms with E-state index in [4.69, 9.17) is 39.5 Å². The molecule has 0 spiro atoms. The van der Waals surface area contributed by atoms with E-state index in [0.29, 0.717) is 20.7 Å². The monoisotopic (exact) mass is 242 g/mol. The summed E-state index contributed by atoms with van der Waals surface area (Å²) in [5.41, 5.74) is 0. The number of thiol groups is 1. The van der Waals surface area contributed by atoms with Crippen molar-refractivity contribution in [1.82, 2.24) is 0 Å². The third-order valence-corrected chi connectivity index (χ3v) is 3.14. The van der Waals surface area contributed by atoms with Crippen LogP contribution in [0.2, 0.25) is 15.1 Å². The summed E-state index contributed by atoms with van der Waals surface area (Å²) in [6.45, 7) is 0. The first kappa shape index (κ1) is 10.3. The third-order valence-electron chi connectivity index (χ3n) is 1.31. The molecule has 0 radical (unpaired) electrons. The van der Waals surface area contributed by atoms with Gasteiger partial charge in [0.15, 0.2) is 0 Å². The zero-order valence-corrected chi connectivity index (χ0v) is 9.23. The molecule has 0 saturated heterocycles. The molecular formula is C7H5Cl3OS. The Balaban J connectivity index is 3.39. The lowest BCUT2D eigenvalue weighted by Crippen LogP contribution is -1.86. The molecule has 1 aromatic rings. The maximum Gasteiger partial charge on any atom is 0.140 e. The van der Waals surface area contributed by atoms with E-state index in [1.807, 2.05) is 0 Å². The van der Waals surface area contributed by atoms with E-state index in [-0.39, 0.29) is 5.02 Å². The molecule has 0 aliphatic heterocycles.